The number of halogens is 4. The van der Waals surface area contributed by atoms with E-state index in [-0.39, 0.29) is 27.6 Å². The van der Waals surface area contributed by atoms with Gasteiger partial charge in [0.1, 0.15) is 5.03 Å². The summed E-state index contributed by atoms with van der Waals surface area (Å²) in [5.41, 5.74) is -0.377. The van der Waals surface area contributed by atoms with Crippen LogP contribution in [0.15, 0.2) is 33.8 Å². The molecular formula is C18H15ClF3N3O4S. The van der Waals surface area contributed by atoms with Crippen molar-refractivity contribution in [3.05, 3.63) is 40.9 Å². The van der Waals surface area contributed by atoms with Crippen LogP contribution in [-0.4, -0.2) is 36.5 Å². The molecule has 7 nitrogen and oxygen atoms in total. The molecule has 0 radical (unpaired) electrons. The Bertz CT molecular complexity index is 1020. The first-order valence-electron chi connectivity index (χ1n) is 8.25. The summed E-state index contributed by atoms with van der Waals surface area (Å²) in [6.07, 6.45) is -3.79. The highest BCUT2D eigenvalue weighted by molar-refractivity contribution is 7.98. The Morgan fingerprint density at radius 2 is 1.70 bits per heavy atom. The lowest BCUT2D eigenvalue weighted by Gasteiger charge is -2.12. The molecule has 2 heterocycles. The maximum Gasteiger partial charge on any atom is 0.417 e. The summed E-state index contributed by atoms with van der Waals surface area (Å²) in [7, 11) is 4.46. The van der Waals surface area contributed by atoms with E-state index in [1.807, 2.05) is 0 Å². The van der Waals surface area contributed by atoms with Gasteiger partial charge in [-0.25, -0.2) is 4.98 Å². The van der Waals surface area contributed by atoms with Crippen LogP contribution in [0, 0.1) is 0 Å². The van der Waals surface area contributed by atoms with Crippen molar-refractivity contribution in [2.24, 2.45) is 0 Å². The van der Waals surface area contributed by atoms with Crippen LogP contribution in [0.1, 0.15) is 11.5 Å². The average Bonchev–Trinajstić information content (AvgIpc) is 3.20. The third-order valence-corrected chi connectivity index (χ3v) is 5.24. The number of thioether (sulfide) groups is 1. The molecule has 12 heteroatoms. The topological polar surface area (TPSA) is 79.5 Å². The maximum absolute atomic E-state index is 12.7. The summed E-state index contributed by atoms with van der Waals surface area (Å²) in [6.45, 7) is 0. The number of aromatic nitrogens is 3. The molecule has 0 saturated heterocycles. The fourth-order valence-corrected chi connectivity index (χ4v) is 3.48. The molecule has 3 rings (SSSR count). The fraction of sp³-hybridized carbons (Fsp3) is 0.278. The van der Waals surface area contributed by atoms with Crippen LogP contribution in [0.2, 0.25) is 5.02 Å². The van der Waals surface area contributed by atoms with Gasteiger partial charge in [0.15, 0.2) is 11.5 Å². The van der Waals surface area contributed by atoms with Gasteiger partial charge >= 0.3 is 6.18 Å². The Hall–Kier alpha value is -2.66. The molecule has 160 valence electrons. The molecule has 0 aliphatic carbocycles. The highest BCUT2D eigenvalue weighted by Gasteiger charge is 2.31. The number of alkyl halides is 3. The Morgan fingerprint density at radius 1 is 1.03 bits per heavy atom. The Balaban J connectivity index is 1.78. The van der Waals surface area contributed by atoms with Crippen LogP contribution in [0.3, 0.4) is 0 Å². The first kappa shape index (κ1) is 22.0. The van der Waals surface area contributed by atoms with Crippen molar-refractivity contribution in [1.29, 1.82) is 0 Å². The van der Waals surface area contributed by atoms with Crippen molar-refractivity contribution in [1.82, 2.24) is 15.2 Å². The SMILES string of the molecule is COc1cc(-c2nnc(CSc3ncc(C(F)(F)F)cc3Cl)o2)cc(OC)c1OC. The Labute approximate surface area is 178 Å². The van der Waals surface area contributed by atoms with Gasteiger partial charge in [-0.1, -0.05) is 23.4 Å². The molecular weight excluding hydrogens is 447 g/mol. The lowest BCUT2D eigenvalue weighted by atomic mass is 10.2. The predicted octanol–water partition coefficient (Wildman–Crippen LogP) is 5.12. The molecule has 0 spiro atoms. The summed E-state index contributed by atoms with van der Waals surface area (Å²) in [4.78, 5) is 3.76. The van der Waals surface area contributed by atoms with Crippen molar-refractivity contribution >= 4 is 23.4 Å². The number of methoxy groups -OCH3 is 3. The van der Waals surface area contributed by atoms with Gasteiger partial charge in [-0.2, -0.15) is 13.2 Å². The molecule has 0 unspecified atom stereocenters. The van der Waals surface area contributed by atoms with Gasteiger partial charge in [-0.3, -0.25) is 0 Å². The van der Waals surface area contributed by atoms with Crippen molar-refractivity contribution in [3.8, 4) is 28.7 Å². The van der Waals surface area contributed by atoms with Gasteiger partial charge in [0.2, 0.25) is 17.5 Å². The maximum atomic E-state index is 12.7. The van der Waals surface area contributed by atoms with Gasteiger partial charge in [0, 0.05) is 11.8 Å². The molecule has 0 aliphatic heterocycles. The number of pyridine rings is 1. The van der Waals surface area contributed by atoms with Crippen LogP contribution in [-0.2, 0) is 11.9 Å². The van der Waals surface area contributed by atoms with E-state index in [2.05, 4.69) is 15.2 Å². The molecule has 0 bridgehead atoms. The molecule has 0 atom stereocenters. The number of nitrogens with zero attached hydrogens (tertiary/aromatic N) is 3. The van der Waals surface area contributed by atoms with E-state index in [1.54, 1.807) is 12.1 Å². The number of benzene rings is 1. The van der Waals surface area contributed by atoms with Gasteiger partial charge in [0.25, 0.3) is 0 Å². The molecule has 0 aliphatic rings. The summed E-state index contributed by atoms with van der Waals surface area (Å²) in [5, 5.41) is 8.04. The van der Waals surface area contributed by atoms with Crippen LogP contribution in [0.4, 0.5) is 13.2 Å². The molecule has 2 aromatic heterocycles. The lowest BCUT2D eigenvalue weighted by Crippen LogP contribution is -2.05. The smallest absolute Gasteiger partial charge is 0.417 e. The summed E-state index contributed by atoms with van der Waals surface area (Å²) in [5.74, 6) is 1.86. The molecule has 0 fully saturated rings. The lowest BCUT2D eigenvalue weighted by molar-refractivity contribution is -0.137. The predicted molar refractivity (Wildman–Crippen MR) is 103 cm³/mol. The highest BCUT2D eigenvalue weighted by atomic mass is 35.5. The van der Waals surface area contributed by atoms with Crippen molar-refractivity contribution < 1.29 is 31.8 Å². The standard InChI is InChI=1S/C18H15ClF3N3O4S/c1-26-12-4-9(5-13(27-2)15(12)28-3)16-25-24-14(29-16)8-30-17-11(19)6-10(7-23-17)18(20,21)22/h4-7H,8H2,1-3H3. The Kier molecular flexibility index (Phi) is 6.61. The van der Waals surface area contributed by atoms with E-state index in [4.69, 9.17) is 30.2 Å². The summed E-state index contributed by atoms with van der Waals surface area (Å²) >= 11 is 6.98. The van der Waals surface area contributed by atoms with Crippen LogP contribution in [0.25, 0.3) is 11.5 Å². The largest absolute Gasteiger partial charge is 0.493 e. The number of rotatable bonds is 7. The third kappa shape index (κ3) is 4.73. The third-order valence-electron chi connectivity index (χ3n) is 3.85. The zero-order valence-corrected chi connectivity index (χ0v) is 17.5. The van der Waals surface area contributed by atoms with E-state index >= 15 is 0 Å². The average molecular weight is 462 g/mol. The second-order valence-electron chi connectivity index (χ2n) is 5.71. The number of hydrogen-bond donors (Lipinski definition) is 0. The minimum atomic E-state index is -4.51. The number of hydrogen-bond acceptors (Lipinski definition) is 8. The minimum Gasteiger partial charge on any atom is -0.493 e. The monoisotopic (exact) mass is 461 g/mol. The fourth-order valence-electron chi connectivity index (χ4n) is 2.45. The molecule has 3 aromatic rings. The zero-order chi connectivity index (χ0) is 21.9. The van der Waals surface area contributed by atoms with Crippen LogP contribution in [0.5, 0.6) is 17.2 Å². The summed E-state index contributed by atoms with van der Waals surface area (Å²) < 4.78 is 59.6. The van der Waals surface area contributed by atoms with E-state index in [0.29, 0.717) is 22.8 Å². The van der Waals surface area contributed by atoms with Crippen molar-refractivity contribution in [2.45, 2.75) is 17.0 Å². The van der Waals surface area contributed by atoms with Crippen molar-refractivity contribution in [2.75, 3.05) is 21.3 Å². The van der Waals surface area contributed by atoms with Gasteiger partial charge in [-0.15, -0.1) is 10.2 Å². The molecule has 1 aromatic carbocycles. The molecule has 0 amide bonds. The van der Waals surface area contributed by atoms with Crippen molar-refractivity contribution in [3.63, 3.8) is 0 Å². The first-order valence-corrected chi connectivity index (χ1v) is 9.61. The minimum absolute atomic E-state index is 0.112. The second kappa shape index (κ2) is 9.00. The second-order valence-corrected chi connectivity index (χ2v) is 7.08. The molecule has 0 saturated carbocycles. The summed E-state index contributed by atoms with van der Waals surface area (Å²) in [6, 6.07) is 4.13. The van der Waals surface area contributed by atoms with E-state index in [0.717, 1.165) is 24.0 Å². The van der Waals surface area contributed by atoms with Crippen LogP contribution >= 0.6 is 23.4 Å². The number of ether oxygens (including phenoxy) is 3. The van der Waals surface area contributed by atoms with E-state index in [9.17, 15) is 13.2 Å². The normalized spacial score (nSPS) is 11.4. The zero-order valence-electron chi connectivity index (χ0n) is 15.9. The van der Waals surface area contributed by atoms with Gasteiger partial charge in [0.05, 0.1) is 37.7 Å². The van der Waals surface area contributed by atoms with Gasteiger partial charge in [-0.05, 0) is 18.2 Å². The highest BCUT2D eigenvalue weighted by Crippen LogP contribution is 2.41. The molecule has 0 N–H and O–H groups in total. The molecule has 30 heavy (non-hydrogen) atoms. The van der Waals surface area contributed by atoms with E-state index in [1.165, 1.54) is 21.3 Å². The van der Waals surface area contributed by atoms with E-state index < -0.39 is 11.7 Å². The Morgan fingerprint density at radius 3 is 2.23 bits per heavy atom. The first-order chi connectivity index (χ1) is 14.3. The van der Waals surface area contributed by atoms with Crippen LogP contribution < -0.4 is 14.2 Å². The quantitative estimate of drug-likeness (QED) is 0.448. The van der Waals surface area contributed by atoms with Gasteiger partial charge < -0.3 is 18.6 Å².